The Kier molecular flexibility index (Phi) is 5.71. The summed E-state index contributed by atoms with van der Waals surface area (Å²) < 4.78 is 49.2. The van der Waals surface area contributed by atoms with E-state index in [-0.39, 0.29) is 11.4 Å². The number of nitrogens with two attached hydrogens (primary N) is 1. The SMILES string of the molecule is C#CCCCCNS(=O)(=O)c1ccccc1S(N)(=O)=O. The Labute approximate surface area is 119 Å². The van der Waals surface area contributed by atoms with Gasteiger partial charge in [0.1, 0.15) is 9.79 Å². The second-order valence-electron chi connectivity index (χ2n) is 4.05. The number of hydrogen-bond acceptors (Lipinski definition) is 4. The first kappa shape index (κ1) is 16.7. The zero-order valence-electron chi connectivity index (χ0n) is 10.7. The van der Waals surface area contributed by atoms with Gasteiger partial charge in [-0.25, -0.2) is 26.7 Å². The summed E-state index contributed by atoms with van der Waals surface area (Å²) in [6, 6.07) is 5.19. The third-order valence-electron chi connectivity index (χ3n) is 2.49. The smallest absolute Gasteiger partial charge is 0.225 e. The zero-order valence-corrected chi connectivity index (χ0v) is 12.4. The van der Waals surface area contributed by atoms with Crippen molar-refractivity contribution in [2.24, 2.45) is 5.14 Å². The minimum atomic E-state index is -4.10. The minimum Gasteiger partial charge on any atom is -0.225 e. The van der Waals surface area contributed by atoms with E-state index in [1.807, 2.05) is 0 Å². The van der Waals surface area contributed by atoms with E-state index in [1.165, 1.54) is 18.2 Å². The van der Waals surface area contributed by atoms with E-state index in [0.717, 1.165) is 6.07 Å². The van der Waals surface area contributed by atoms with E-state index >= 15 is 0 Å². The molecule has 0 radical (unpaired) electrons. The average Bonchev–Trinajstić information content (AvgIpc) is 2.37. The maximum atomic E-state index is 12.1. The second kappa shape index (κ2) is 6.85. The van der Waals surface area contributed by atoms with Crippen LogP contribution >= 0.6 is 0 Å². The molecule has 0 aromatic heterocycles. The molecule has 0 atom stereocenters. The Morgan fingerprint density at radius 1 is 1.10 bits per heavy atom. The molecule has 1 rings (SSSR count). The molecule has 0 spiro atoms. The van der Waals surface area contributed by atoms with Gasteiger partial charge in [0.05, 0.1) is 0 Å². The lowest BCUT2D eigenvalue weighted by Crippen LogP contribution is -2.27. The summed E-state index contributed by atoms with van der Waals surface area (Å²) in [7, 11) is -8.02. The quantitative estimate of drug-likeness (QED) is 0.561. The van der Waals surface area contributed by atoms with Crippen LogP contribution in [-0.2, 0) is 20.0 Å². The summed E-state index contributed by atoms with van der Waals surface area (Å²) in [5.41, 5.74) is 0. The zero-order chi connectivity index (χ0) is 15.2. The number of sulfonamides is 2. The molecule has 0 saturated heterocycles. The number of rotatable bonds is 7. The molecule has 0 aliphatic carbocycles. The fraction of sp³-hybridized carbons (Fsp3) is 0.333. The largest absolute Gasteiger partial charge is 0.241 e. The summed E-state index contributed by atoms with van der Waals surface area (Å²) in [4.78, 5) is -0.768. The first-order valence-electron chi connectivity index (χ1n) is 5.84. The van der Waals surface area contributed by atoms with Crippen LogP contribution < -0.4 is 9.86 Å². The number of unbranched alkanes of at least 4 members (excludes halogenated alkanes) is 2. The Balaban J connectivity index is 2.92. The van der Waals surface area contributed by atoms with Gasteiger partial charge < -0.3 is 0 Å². The molecule has 0 bridgehead atoms. The van der Waals surface area contributed by atoms with Crippen LogP contribution in [-0.4, -0.2) is 23.4 Å². The van der Waals surface area contributed by atoms with E-state index in [0.29, 0.717) is 19.3 Å². The van der Waals surface area contributed by atoms with E-state index in [9.17, 15) is 16.8 Å². The molecule has 0 unspecified atom stereocenters. The van der Waals surface area contributed by atoms with Crippen molar-refractivity contribution >= 4 is 20.0 Å². The van der Waals surface area contributed by atoms with Crippen molar-refractivity contribution in [1.29, 1.82) is 0 Å². The predicted molar refractivity (Wildman–Crippen MR) is 75.7 cm³/mol. The Bertz CT molecular complexity index is 703. The van der Waals surface area contributed by atoms with Crippen LogP contribution in [0.5, 0.6) is 0 Å². The summed E-state index contributed by atoms with van der Waals surface area (Å²) in [5.74, 6) is 2.45. The van der Waals surface area contributed by atoms with Gasteiger partial charge >= 0.3 is 0 Å². The number of terminal acetylenes is 1. The topological polar surface area (TPSA) is 106 Å². The maximum absolute atomic E-state index is 12.1. The Morgan fingerprint density at radius 2 is 1.70 bits per heavy atom. The molecule has 8 heteroatoms. The lowest BCUT2D eigenvalue weighted by molar-refractivity contribution is 0.570. The van der Waals surface area contributed by atoms with Crippen molar-refractivity contribution in [2.45, 2.75) is 29.1 Å². The van der Waals surface area contributed by atoms with Crippen molar-refractivity contribution in [1.82, 2.24) is 4.72 Å². The highest BCUT2D eigenvalue weighted by atomic mass is 32.2. The maximum Gasteiger partial charge on any atom is 0.241 e. The van der Waals surface area contributed by atoms with Crippen molar-refractivity contribution in [3.63, 3.8) is 0 Å². The van der Waals surface area contributed by atoms with Gasteiger partial charge in [-0.2, -0.15) is 0 Å². The molecule has 0 aliphatic heterocycles. The molecule has 1 aromatic carbocycles. The monoisotopic (exact) mass is 316 g/mol. The highest BCUT2D eigenvalue weighted by Gasteiger charge is 2.23. The molecular formula is C12H16N2O4S2. The molecule has 1 aromatic rings. The van der Waals surface area contributed by atoms with Crippen LogP contribution in [0.2, 0.25) is 0 Å². The van der Waals surface area contributed by atoms with Crippen LogP contribution in [0.1, 0.15) is 19.3 Å². The fourth-order valence-corrected chi connectivity index (χ4v) is 4.00. The fourth-order valence-electron chi connectivity index (χ4n) is 1.54. The van der Waals surface area contributed by atoms with Gasteiger partial charge in [0.25, 0.3) is 0 Å². The van der Waals surface area contributed by atoms with Gasteiger partial charge in [0.2, 0.25) is 20.0 Å². The van der Waals surface area contributed by atoms with Crippen LogP contribution in [0.3, 0.4) is 0 Å². The third-order valence-corrected chi connectivity index (χ3v) is 5.10. The van der Waals surface area contributed by atoms with E-state index in [2.05, 4.69) is 10.6 Å². The molecule has 20 heavy (non-hydrogen) atoms. The van der Waals surface area contributed by atoms with E-state index < -0.39 is 24.9 Å². The molecule has 6 nitrogen and oxygen atoms in total. The van der Waals surface area contributed by atoms with Crippen molar-refractivity contribution in [3.05, 3.63) is 24.3 Å². The minimum absolute atomic E-state index is 0.183. The summed E-state index contributed by atoms with van der Waals surface area (Å²) in [6.45, 7) is 0.183. The average molecular weight is 316 g/mol. The first-order valence-corrected chi connectivity index (χ1v) is 8.87. The normalized spacial score (nSPS) is 12.0. The molecule has 3 N–H and O–H groups in total. The summed E-state index contributed by atoms with van der Waals surface area (Å²) >= 11 is 0. The van der Waals surface area contributed by atoms with E-state index in [4.69, 9.17) is 11.6 Å². The first-order chi connectivity index (χ1) is 9.29. The Morgan fingerprint density at radius 3 is 2.25 bits per heavy atom. The number of primary sulfonamides is 1. The number of nitrogens with one attached hydrogen (secondary N) is 1. The molecule has 0 heterocycles. The van der Waals surface area contributed by atoms with Crippen LogP contribution in [0.15, 0.2) is 34.1 Å². The molecule has 0 fully saturated rings. The summed E-state index contributed by atoms with van der Waals surface area (Å²) in [6.07, 6.45) is 6.91. The highest BCUT2D eigenvalue weighted by molar-refractivity contribution is 7.92. The van der Waals surface area contributed by atoms with Gasteiger partial charge in [0, 0.05) is 13.0 Å². The van der Waals surface area contributed by atoms with Crippen molar-refractivity contribution in [3.8, 4) is 12.3 Å². The van der Waals surface area contributed by atoms with Gasteiger partial charge in [-0.3, -0.25) is 0 Å². The van der Waals surface area contributed by atoms with Gasteiger partial charge in [-0.05, 0) is 25.0 Å². The second-order valence-corrected chi connectivity index (χ2v) is 7.32. The predicted octanol–water partition coefficient (Wildman–Crippen LogP) is 0.416. The highest BCUT2D eigenvalue weighted by Crippen LogP contribution is 2.19. The van der Waals surface area contributed by atoms with Crippen molar-refractivity contribution < 1.29 is 16.8 Å². The van der Waals surface area contributed by atoms with Gasteiger partial charge in [-0.15, -0.1) is 12.3 Å². The molecule has 0 aliphatic rings. The van der Waals surface area contributed by atoms with Crippen molar-refractivity contribution in [2.75, 3.05) is 6.54 Å². The lowest BCUT2D eigenvalue weighted by atomic mass is 10.2. The third kappa shape index (κ3) is 4.61. The number of hydrogen-bond donors (Lipinski definition) is 2. The van der Waals surface area contributed by atoms with Crippen LogP contribution in [0.4, 0.5) is 0 Å². The lowest BCUT2D eigenvalue weighted by Gasteiger charge is -2.09. The Hall–Kier alpha value is -1.40. The molecular weight excluding hydrogens is 300 g/mol. The summed E-state index contributed by atoms with van der Waals surface area (Å²) in [5, 5.41) is 5.01. The van der Waals surface area contributed by atoms with Gasteiger partial charge in [-0.1, -0.05) is 12.1 Å². The molecule has 110 valence electrons. The van der Waals surface area contributed by atoms with E-state index in [1.54, 1.807) is 0 Å². The molecule has 0 amide bonds. The number of benzene rings is 1. The van der Waals surface area contributed by atoms with Crippen LogP contribution in [0, 0.1) is 12.3 Å². The van der Waals surface area contributed by atoms with Gasteiger partial charge in [0.15, 0.2) is 0 Å². The molecule has 0 saturated carbocycles. The standard InChI is InChI=1S/C12H16N2O4S2/c1-2-3-4-7-10-14-20(17,18)12-9-6-5-8-11(12)19(13,15)16/h1,5-6,8-9,14H,3-4,7,10H2,(H2,13,15,16). The van der Waals surface area contributed by atoms with Crippen LogP contribution in [0.25, 0.3) is 0 Å².